The molecule has 2 nitrogen and oxygen atoms in total. The number of hydrogen-bond acceptors (Lipinski definition) is 0. The number of hydrogen-bond donors (Lipinski definition) is 0. The van der Waals surface area contributed by atoms with Crippen molar-refractivity contribution in [2.45, 2.75) is 19.3 Å². The predicted molar refractivity (Wildman–Crippen MR) is 98.2 cm³/mol. The Balaban J connectivity index is 1.66. The van der Waals surface area contributed by atoms with E-state index < -0.39 is 11.7 Å². The van der Waals surface area contributed by atoms with Gasteiger partial charge in [-0.3, -0.25) is 0 Å². The Morgan fingerprint density at radius 2 is 1.41 bits per heavy atom. The first-order valence-electron chi connectivity index (χ1n) is 8.68. The third-order valence-electron chi connectivity index (χ3n) is 4.61. The van der Waals surface area contributed by atoms with E-state index in [9.17, 15) is 13.2 Å². The SMILES string of the molecule is FC(F)(F)c1ccc(Cn2c[n+](Cc3ccccc3)c3ccccc32)cc1. The molecule has 0 aliphatic rings. The zero-order valence-electron chi connectivity index (χ0n) is 14.5. The van der Waals surface area contributed by atoms with Crippen molar-refractivity contribution in [3.05, 3.63) is 102 Å². The van der Waals surface area contributed by atoms with Crippen LogP contribution in [0.1, 0.15) is 16.7 Å². The molecule has 1 heterocycles. The van der Waals surface area contributed by atoms with Gasteiger partial charge in [-0.15, -0.1) is 0 Å². The molecule has 0 spiro atoms. The van der Waals surface area contributed by atoms with E-state index in [1.54, 1.807) is 12.1 Å². The van der Waals surface area contributed by atoms with E-state index in [-0.39, 0.29) is 0 Å². The molecular weight excluding hydrogens is 349 g/mol. The van der Waals surface area contributed by atoms with E-state index in [1.807, 2.05) is 42.7 Å². The van der Waals surface area contributed by atoms with Gasteiger partial charge >= 0.3 is 6.18 Å². The lowest BCUT2D eigenvalue weighted by Gasteiger charge is -2.06. The number of rotatable bonds is 4. The molecule has 4 rings (SSSR count). The van der Waals surface area contributed by atoms with Crippen molar-refractivity contribution in [2.75, 3.05) is 0 Å². The highest BCUT2D eigenvalue weighted by molar-refractivity contribution is 5.71. The zero-order valence-corrected chi connectivity index (χ0v) is 14.5. The van der Waals surface area contributed by atoms with Crippen LogP contribution in [-0.2, 0) is 19.3 Å². The summed E-state index contributed by atoms with van der Waals surface area (Å²) < 4.78 is 42.5. The highest BCUT2D eigenvalue weighted by atomic mass is 19.4. The van der Waals surface area contributed by atoms with Gasteiger partial charge in [0.05, 0.1) is 5.56 Å². The molecule has 0 aliphatic heterocycles. The molecule has 0 amide bonds. The van der Waals surface area contributed by atoms with E-state index in [2.05, 4.69) is 27.3 Å². The number of fused-ring (bicyclic) bond motifs is 1. The minimum atomic E-state index is -4.31. The van der Waals surface area contributed by atoms with Crippen molar-refractivity contribution in [3.8, 4) is 0 Å². The Kier molecular flexibility index (Phi) is 4.44. The summed E-state index contributed by atoms with van der Waals surface area (Å²) in [6, 6.07) is 23.6. The summed E-state index contributed by atoms with van der Waals surface area (Å²) >= 11 is 0. The molecule has 1 aromatic heterocycles. The molecule has 0 N–H and O–H groups in total. The van der Waals surface area contributed by atoms with Crippen LogP contribution in [0.3, 0.4) is 0 Å². The fraction of sp³-hybridized carbons (Fsp3) is 0.136. The van der Waals surface area contributed by atoms with Crippen LogP contribution in [0.25, 0.3) is 11.0 Å². The van der Waals surface area contributed by atoms with Crippen LogP contribution >= 0.6 is 0 Å². The molecule has 0 bridgehead atoms. The average molecular weight is 367 g/mol. The molecule has 0 saturated carbocycles. The summed E-state index contributed by atoms with van der Waals surface area (Å²) in [6.45, 7) is 1.25. The lowest BCUT2D eigenvalue weighted by atomic mass is 10.1. The first-order valence-corrected chi connectivity index (χ1v) is 8.68. The van der Waals surface area contributed by atoms with Gasteiger partial charge in [-0.25, -0.2) is 9.13 Å². The molecule has 0 radical (unpaired) electrons. The van der Waals surface area contributed by atoms with Crippen LogP contribution < -0.4 is 4.57 Å². The van der Waals surface area contributed by atoms with Crippen LogP contribution in [0, 0.1) is 0 Å². The average Bonchev–Trinajstić information content (AvgIpc) is 3.00. The Bertz CT molecular complexity index is 1050. The smallest absolute Gasteiger partial charge is 0.226 e. The molecule has 5 heteroatoms. The fourth-order valence-electron chi connectivity index (χ4n) is 3.27. The number of halogens is 3. The van der Waals surface area contributed by atoms with Gasteiger partial charge in [-0.1, -0.05) is 54.6 Å². The third kappa shape index (κ3) is 3.72. The van der Waals surface area contributed by atoms with Crippen molar-refractivity contribution in [3.63, 3.8) is 0 Å². The molecule has 136 valence electrons. The highest BCUT2D eigenvalue weighted by Crippen LogP contribution is 2.29. The van der Waals surface area contributed by atoms with Gasteiger partial charge in [-0.2, -0.15) is 13.2 Å². The Morgan fingerprint density at radius 1 is 0.741 bits per heavy atom. The van der Waals surface area contributed by atoms with Crippen LogP contribution in [0.15, 0.2) is 85.2 Å². The second-order valence-electron chi connectivity index (χ2n) is 6.54. The van der Waals surface area contributed by atoms with E-state index in [0.717, 1.165) is 35.3 Å². The van der Waals surface area contributed by atoms with Crippen molar-refractivity contribution in [1.82, 2.24) is 4.57 Å². The lowest BCUT2D eigenvalue weighted by molar-refractivity contribution is -0.663. The number of imidazole rings is 1. The van der Waals surface area contributed by atoms with Gasteiger partial charge in [0, 0.05) is 0 Å². The third-order valence-corrected chi connectivity index (χ3v) is 4.61. The normalized spacial score (nSPS) is 11.8. The van der Waals surface area contributed by atoms with Crippen LogP contribution in [0.5, 0.6) is 0 Å². The number of benzene rings is 3. The number of para-hydroxylation sites is 2. The standard InChI is InChI=1S/C22H18F3N2/c23-22(24,25)19-12-10-18(11-13-19)15-27-16-26(14-17-6-2-1-3-7-17)20-8-4-5-9-21(20)27/h1-13,16H,14-15H2/q+1. The Hall–Kier alpha value is -3.08. The van der Waals surface area contributed by atoms with Crippen LogP contribution in [0.2, 0.25) is 0 Å². The lowest BCUT2D eigenvalue weighted by Crippen LogP contribution is -2.32. The second-order valence-corrected chi connectivity index (χ2v) is 6.54. The maximum atomic E-state index is 12.8. The molecule has 0 unspecified atom stereocenters. The molecule has 0 aliphatic carbocycles. The molecule has 0 saturated heterocycles. The highest BCUT2D eigenvalue weighted by Gasteiger charge is 2.30. The quantitative estimate of drug-likeness (QED) is 0.447. The van der Waals surface area contributed by atoms with Crippen molar-refractivity contribution < 1.29 is 17.7 Å². The Morgan fingerprint density at radius 3 is 2.11 bits per heavy atom. The van der Waals surface area contributed by atoms with Crippen molar-refractivity contribution in [2.24, 2.45) is 0 Å². The number of aromatic nitrogens is 2. The summed E-state index contributed by atoms with van der Waals surface area (Å²) in [7, 11) is 0. The fourth-order valence-corrected chi connectivity index (χ4v) is 3.27. The largest absolute Gasteiger partial charge is 0.416 e. The van der Waals surface area contributed by atoms with Gasteiger partial charge in [0.1, 0.15) is 13.1 Å². The van der Waals surface area contributed by atoms with Gasteiger partial charge in [0.25, 0.3) is 0 Å². The van der Waals surface area contributed by atoms with Crippen molar-refractivity contribution in [1.29, 1.82) is 0 Å². The maximum Gasteiger partial charge on any atom is 0.416 e. The van der Waals surface area contributed by atoms with E-state index in [4.69, 9.17) is 0 Å². The van der Waals surface area contributed by atoms with E-state index >= 15 is 0 Å². The summed E-state index contributed by atoms with van der Waals surface area (Å²) in [5, 5.41) is 0. The summed E-state index contributed by atoms with van der Waals surface area (Å²) in [6.07, 6.45) is -2.29. The minimum absolute atomic E-state index is 0.514. The maximum absolute atomic E-state index is 12.8. The van der Waals surface area contributed by atoms with Gasteiger partial charge < -0.3 is 0 Å². The first kappa shape index (κ1) is 17.3. The molecule has 3 aromatic carbocycles. The molecule has 0 atom stereocenters. The van der Waals surface area contributed by atoms with Crippen LogP contribution in [-0.4, -0.2) is 4.57 Å². The molecule has 0 fully saturated rings. The number of nitrogens with zero attached hydrogens (tertiary/aromatic N) is 2. The first-order chi connectivity index (χ1) is 13.0. The molecular formula is C22H18F3N2+. The number of alkyl halides is 3. The predicted octanol–water partition coefficient (Wildman–Crippen LogP) is 5.04. The monoisotopic (exact) mass is 367 g/mol. The van der Waals surface area contributed by atoms with Crippen LogP contribution in [0.4, 0.5) is 13.2 Å². The van der Waals surface area contributed by atoms with E-state index in [1.165, 1.54) is 5.56 Å². The van der Waals surface area contributed by atoms with Gasteiger partial charge in [-0.05, 0) is 35.4 Å². The second kappa shape index (κ2) is 6.91. The molecule has 27 heavy (non-hydrogen) atoms. The van der Waals surface area contributed by atoms with Crippen molar-refractivity contribution >= 4 is 11.0 Å². The van der Waals surface area contributed by atoms with E-state index in [0.29, 0.717) is 6.54 Å². The minimum Gasteiger partial charge on any atom is -0.226 e. The van der Waals surface area contributed by atoms with Gasteiger partial charge in [0.2, 0.25) is 6.33 Å². The summed E-state index contributed by atoms with van der Waals surface area (Å²) in [5.41, 5.74) is 3.54. The summed E-state index contributed by atoms with van der Waals surface area (Å²) in [4.78, 5) is 0. The topological polar surface area (TPSA) is 8.81 Å². The van der Waals surface area contributed by atoms with Gasteiger partial charge in [0.15, 0.2) is 11.0 Å². The summed E-state index contributed by atoms with van der Waals surface area (Å²) in [5.74, 6) is 0. The Labute approximate surface area is 155 Å². The molecule has 4 aromatic rings. The zero-order chi connectivity index (χ0) is 18.9.